The van der Waals surface area contributed by atoms with E-state index in [4.69, 9.17) is 5.73 Å². The molecule has 0 heterocycles. The van der Waals surface area contributed by atoms with E-state index in [0.717, 1.165) is 5.75 Å². The van der Waals surface area contributed by atoms with Crippen LogP contribution in [0, 0.1) is 0 Å². The maximum atomic E-state index is 11.5. The Labute approximate surface area is 107 Å². The van der Waals surface area contributed by atoms with Crippen LogP contribution < -0.4 is 11.1 Å². The molecule has 0 aliphatic rings. The van der Waals surface area contributed by atoms with Gasteiger partial charge in [-0.05, 0) is 19.4 Å². The van der Waals surface area contributed by atoms with Gasteiger partial charge in [-0.25, -0.2) is 0 Å². The Morgan fingerprint density at radius 1 is 1.41 bits per heavy atom. The van der Waals surface area contributed by atoms with Crippen LogP contribution in [0.1, 0.15) is 19.4 Å². The Morgan fingerprint density at radius 2 is 2.00 bits per heavy atom. The van der Waals surface area contributed by atoms with Crippen molar-refractivity contribution in [2.75, 3.05) is 7.05 Å². The molecule has 0 saturated heterocycles. The molecule has 0 fully saturated rings. The molecule has 1 aromatic rings. The Hall–Kier alpha value is -1.00. The van der Waals surface area contributed by atoms with Gasteiger partial charge in [0, 0.05) is 17.5 Å². The topological polar surface area (TPSA) is 55.1 Å². The third kappa shape index (κ3) is 4.06. The predicted octanol–water partition coefficient (Wildman–Crippen LogP) is 1.77. The number of rotatable bonds is 5. The Kier molecular flexibility index (Phi) is 5.02. The zero-order chi connectivity index (χ0) is 12.9. The fourth-order valence-electron chi connectivity index (χ4n) is 1.40. The highest BCUT2D eigenvalue weighted by molar-refractivity contribution is 7.99. The number of hydrogen-bond acceptors (Lipinski definition) is 3. The number of amides is 1. The number of thioether (sulfide) groups is 1. The quantitative estimate of drug-likeness (QED) is 0.840. The summed E-state index contributed by atoms with van der Waals surface area (Å²) in [5.41, 5.74) is 7.18. The molecular formula is C13H20N2OS. The molecule has 17 heavy (non-hydrogen) atoms. The molecule has 3 N–H and O–H groups in total. The highest BCUT2D eigenvalue weighted by Gasteiger charge is 2.31. The molecule has 0 aliphatic heterocycles. The lowest BCUT2D eigenvalue weighted by atomic mass is 10.0. The van der Waals surface area contributed by atoms with Crippen molar-refractivity contribution in [1.82, 2.24) is 5.32 Å². The highest BCUT2D eigenvalue weighted by Crippen LogP contribution is 2.30. The molecule has 0 radical (unpaired) electrons. The molecule has 1 rings (SSSR count). The lowest BCUT2D eigenvalue weighted by molar-refractivity contribution is -0.122. The van der Waals surface area contributed by atoms with Gasteiger partial charge in [0.1, 0.15) is 0 Å². The first-order chi connectivity index (χ1) is 7.97. The Morgan fingerprint density at radius 3 is 2.53 bits per heavy atom. The fourth-order valence-corrected chi connectivity index (χ4v) is 2.42. The summed E-state index contributed by atoms with van der Waals surface area (Å²) in [4.78, 5) is 11.5. The highest BCUT2D eigenvalue weighted by atomic mass is 32.2. The second-order valence-corrected chi connectivity index (χ2v) is 6.10. The summed E-state index contributed by atoms with van der Waals surface area (Å²) in [6.07, 6.45) is 0. The minimum atomic E-state index is -0.499. The lowest BCUT2D eigenvalue weighted by Gasteiger charge is -2.29. The first kappa shape index (κ1) is 14.1. The maximum Gasteiger partial charge on any atom is 0.238 e. The van der Waals surface area contributed by atoms with Gasteiger partial charge in [0.25, 0.3) is 0 Å². The molecule has 94 valence electrons. The monoisotopic (exact) mass is 252 g/mol. The fraction of sp³-hybridized carbons (Fsp3) is 0.462. The molecule has 1 amide bonds. The zero-order valence-corrected chi connectivity index (χ0v) is 11.4. The van der Waals surface area contributed by atoms with Crippen LogP contribution in [0.3, 0.4) is 0 Å². The van der Waals surface area contributed by atoms with Gasteiger partial charge in [-0.3, -0.25) is 4.79 Å². The number of hydrogen-bond donors (Lipinski definition) is 2. The summed E-state index contributed by atoms with van der Waals surface area (Å²) < 4.78 is -0.282. The molecule has 1 atom stereocenters. The normalized spacial score (nSPS) is 13.2. The molecule has 0 unspecified atom stereocenters. The number of nitrogens with one attached hydrogen (secondary N) is 1. The van der Waals surface area contributed by atoms with Crippen molar-refractivity contribution >= 4 is 17.7 Å². The Balaban J connectivity index is 2.58. The van der Waals surface area contributed by atoms with Crippen LogP contribution in [-0.2, 0) is 10.5 Å². The number of likely N-dealkylation sites (N-methyl/N-ethyl adjacent to an activating group) is 1. The van der Waals surface area contributed by atoms with E-state index in [9.17, 15) is 4.79 Å². The first-order valence-corrected chi connectivity index (χ1v) is 6.61. The van der Waals surface area contributed by atoms with Gasteiger partial charge in [0.05, 0.1) is 6.04 Å². The standard InChI is InChI=1S/C13H20N2OS/c1-13(2,11(14)12(16)15-3)17-9-10-7-5-4-6-8-10/h4-8,11H,9,14H2,1-3H3,(H,15,16)/t11-/m1/s1. The van der Waals surface area contributed by atoms with Crippen molar-refractivity contribution in [3.05, 3.63) is 35.9 Å². The summed E-state index contributed by atoms with van der Waals surface area (Å²) >= 11 is 1.70. The molecule has 3 nitrogen and oxygen atoms in total. The van der Waals surface area contributed by atoms with E-state index < -0.39 is 6.04 Å². The third-order valence-electron chi connectivity index (χ3n) is 2.73. The predicted molar refractivity (Wildman–Crippen MR) is 73.9 cm³/mol. The van der Waals surface area contributed by atoms with Crippen LogP contribution in [0.5, 0.6) is 0 Å². The second kappa shape index (κ2) is 6.07. The van der Waals surface area contributed by atoms with Crippen molar-refractivity contribution < 1.29 is 4.79 Å². The SMILES string of the molecule is CNC(=O)[C@@H](N)C(C)(C)SCc1ccccc1. The van der Waals surface area contributed by atoms with Crippen LogP contribution in [0.15, 0.2) is 30.3 Å². The number of carbonyl (C=O) groups is 1. The van der Waals surface area contributed by atoms with E-state index in [-0.39, 0.29) is 10.7 Å². The number of nitrogens with two attached hydrogens (primary N) is 1. The van der Waals surface area contributed by atoms with Crippen molar-refractivity contribution in [2.45, 2.75) is 30.4 Å². The van der Waals surface area contributed by atoms with Crippen LogP contribution in [0.25, 0.3) is 0 Å². The number of carbonyl (C=O) groups excluding carboxylic acids is 1. The summed E-state index contributed by atoms with van der Waals surface area (Å²) in [7, 11) is 1.61. The van der Waals surface area contributed by atoms with Crippen LogP contribution >= 0.6 is 11.8 Å². The minimum Gasteiger partial charge on any atom is -0.358 e. The molecular weight excluding hydrogens is 232 g/mol. The van der Waals surface area contributed by atoms with Gasteiger partial charge in [0.2, 0.25) is 5.91 Å². The molecule has 4 heteroatoms. The average molecular weight is 252 g/mol. The molecule has 0 bridgehead atoms. The van der Waals surface area contributed by atoms with E-state index in [1.165, 1.54) is 5.56 Å². The van der Waals surface area contributed by atoms with E-state index in [1.54, 1.807) is 18.8 Å². The van der Waals surface area contributed by atoms with Crippen LogP contribution in [0.2, 0.25) is 0 Å². The van der Waals surface area contributed by atoms with Gasteiger partial charge < -0.3 is 11.1 Å². The molecule has 0 aliphatic carbocycles. The smallest absolute Gasteiger partial charge is 0.238 e. The maximum absolute atomic E-state index is 11.5. The Bertz CT molecular complexity index is 365. The molecule has 0 saturated carbocycles. The van der Waals surface area contributed by atoms with Crippen LogP contribution in [0.4, 0.5) is 0 Å². The zero-order valence-electron chi connectivity index (χ0n) is 10.6. The van der Waals surface area contributed by atoms with Crippen molar-refractivity contribution in [1.29, 1.82) is 0 Å². The molecule has 0 aromatic heterocycles. The molecule has 1 aromatic carbocycles. The van der Waals surface area contributed by atoms with Gasteiger partial charge >= 0.3 is 0 Å². The average Bonchev–Trinajstić information content (AvgIpc) is 2.36. The van der Waals surface area contributed by atoms with E-state index in [1.807, 2.05) is 32.0 Å². The lowest BCUT2D eigenvalue weighted by Crippen LogP contribution is -2.51. The van der Waals surface area contributed by atoms with Crippen molar-refractivity contribution in [3.63, 3.8) is 0 Å². The molecule has 0 spiro atoms. The van der Waals surface area contributed by atoms with Gasteiger partial charge in [-0.15, -0.1) is 11.8 Å². The summed E-state index contributed by atoms with van der Waals surface area (Å²) in [6.45, 7) is 4.00. The van der Waals surface area contributed by atoms with Gasteiger partial charge in [-0.2, -0.15) is 0 Å². The minimum absolute atomic E-state index is 0.115. The van der Waals surface area contributed by atoms with Gasteiger partial charge in [-0.1, -0.05) is 30.3 Å². The largest absolute Gasteiger partial charge is 0.358 e. The van der Waals surface area contributed by atoms with E-state index in [0.29, 0.717) is 0 Å². The van der Waals surface area contributed by atoms with Crippen LogP contribution in [-0.4, -0.2) is 23.7 Å². The van der Waals surface area contributed by atoms with Crippen molar-refractivity contribution in [2.24, 2.45) is 5.73 Å². The number of benzene rings is 1. The summed E-state index contributed by atoms with van der Waals surface area (Å²) in [5.74, 6) is 0.744. The van der Waals surface area contributed by atoms with E-state index >= 15 is 0 Å². The first-order valence-electron chi connectivity index (χ1n) is 5.62. The van der Waals surface area contributed by atoms with Crippen molar-refractivity contribution in [3.8, 4) is 0 Å². The second-order valence-electron chi connectivity index (χ2n) is 4.47. The summed E-state index contributed by atoms with van der Waals surface area (Å²) in [6, 6.07) is 9.68. The third-order valence-corrected chi connectivity index (χ3v) is 4.21. The van der Waals surface area contributed by atoms with Gasteiger partial charge in [0.15, 0.2) is 0 Å². The van der Waals surface area contributed by atoms with E-state index in [2.05, 4.69) is 17.4 Å². The summed E-state index contributed by atoms with van der Waals surface area (Å²) in [5, 5.41) is 2.59.